The predicted octanol–water partition coefficient (Wildman–Crippen LogP) is 4.94. The summed E-state index contributed by atoms with van der Waals surface area (Å²) in [5.41, 5.74) is 10.3. The zero-order valence-electron chi connectivity index (χ0n) is 13.4. The van der Waals surface area contributed by atoms with E-state index in [1.807, 2.05) is 7.05 Å². The van der Waals surface area contributed by atoms with Crippen LogP contribution in [0.3, 0.4) is 0 Å². The Morgan fingerprint density at radius 2 is 1.87 bits per heavy atom. The van der Waals surface area contributed by atoms with Crippen LogP contribution in [0.1, 0.15) is 16.7 Å². The SMILES string of the molecule is C=C1[N-]c2cc(N)c(F)cc21.C[N-]CCc1ccc(C)cc1.[U+2]. The molecule has 0 spiro atoms. The third kappa shape index (κ3) is 5.39. The number of nitrogens with two attached hydrogens (primary N) is 1. The van der Waals surface area contributed by atoms with Crippen LogP contribution < -0.4 is 5.73 Å². The summed E-state index contributed by atoms with van der Waals surface area (Å²) < 4.78 is 12.8. The fraction of sp³-hybridized carbons (Fsp3) is 0.222. The molecule has 2 aromatic carbocycles. The van der Waals surface area contributed by atoms with Crippen molar-refractivity contribution in [3.8, 4) is 0 Å². The molecule has 3 rings (SSSR count). The molecule has 0 radical (unpaired) electrons. The van der Waals surface area contributed by atoms with Crippen LogP contribution in [-0.2, 0) is 6.42 Å². The molecule has 0 unspecified atom stereocenters. The summed E-state index contributed by atoms with van der Waals surface area (Å²) in [7, 11) is 1.86. The minimum absolute atomic E-state index is 0. The maximum Gasteiger partial charge on any atom is 2.00 e. The van der Waals surface area contributed by atoms with E-state index in [4.69, 9.17) is 5.73 Å². The fourth-order valence-corrected chi connectivity index (χ4v) is 2.05. The number of nitrogens with zero attached hydrogens (tertiary/aromatic N) is 2. The van der Waals surface area contributed by atoms with Crippen LogP contribution in [-0.4, -0.2) is 13.6 Å². The molecule has 0 fully saturated rings. The Morgan fingerprint density at radius 1 is 1.22 bits per heavy atom. The second-order valence-electron chi connectivity index (χ2n) is 5.22. The molecule has 5 heteroatoms. The number of halogens is 1. The minimum atomic E-state index is -0.403. The Kier molecular flexibility index (Phi) is 7.84. The van der Waals surface area contributed by atoms with Gasteiger partial charge in [-0.15, -0.1) is 24.5 Å². The summed E-state index contributed by atoms with van der Waals surface area (Å²) >= 11 is 0. The van der Waals surface area contributed by atoms with Crippen molar-refractivity contribution in [1.82, 2.24) is 0 Å². The Hall–Kier alpha value is -1.28. The first-order chi connectivity index (χ1) is 10.5. The van der Waals surface area contributed by atoms with Crippen molar-refractivity contribution in [3.63, 3.8) is 0 Å². The number of nitrogen functional groups attached to an aromatic ring is 1. The van der Waals surface area contributed by atoms with Gasteiger partial charge in [0.05, 0.1) is 5.69 Å². The first-order valence-corrected chi connectivity index (χ1v) is 7.12. The van der Waals surface area contributed by atoms with Crippen molar-refractivity contribution in [2.24, 2.45) is 0 Å². The molecule has 2 aromatic rings. The standard InChI is InChI=1S/C10H14N.C8H6FN2.U/c1-9-3-5-10(6-4-9)7-8-11-2;1-4-5-2-6(9)7(10)3-8(5)11-4;/h3-6H,7-8H2,1-2H3;2-3H,1,10H2;/q2*-1;+2. The zero-order valence-corrected chi connectivity index (χ0v) is 17.6. The van der Waals surface area contributed by atoms with Gasteiger partial charge in [-0.05, 0) is 25.0 Å². The monoisotopic (exact) mass is 535 g/mol. The molecule has 0 bridgehead atoms. The first kappa shape index (κ1) is 19.8. The fourth-order valence-electron chi connectivity index (χ4n) is 2.05. The van der Waals surface area contributed by atoms with Crippen molar-refractivity contribution in [3.05, 3.63) is 76.1 Å². The molecule has 0 aliphatic carbocycles. The van der Waals surface area contributed by atoms with Crippen molar-refractivity contribution in [1.29, 1.82) is 0 Å². The third-order valence-corrected chi connectivity index (χ3v) is 3.43. The Balaban J connectivity index is 0.000000220. The second kappa shape index (κ2) is 9.12. The van der Waals surface area contributed by atoms with Crippen molar-refractivity contribution in [2.75, 3.05) is 19.3 Å². The molecule has 23 heavy (non-hydrogen) atoms. The van der Waals surface area contributed by atoms with Gasteiger partial charge in [0.25, 0.3) is 0 Å². The molecular formula is C18H20FN3U. The van der Waals surface area contributed by atoms with Crippen LogP contribution >= 0.6 is 0 Å². The normalized spacial score (nSPS) is 11.2. The minimum Gasteiger partial charge on any atom is -0.665 e. The molecule has 0 amide bonds. The van der Waals surface area contributed by atoms with Gasteiger partial charge in [0.2, 0.25) is 0 Å². The van der Waals surface area contributed by atoms with Crippen molar-refractivity contribution in [2.45, 2.75) is 13.3 Å². The molecule has 0 aromatic heterocycles. The van der Waals surface area contributed by atoms with Gasteiger partial charge in [-0.25, -0.2) is 4.39 Å². The van der Waals surface area contributed by atoms with Crippen LogP contribution in [0.25, 0.3) is 16.3 Å². The number of aryl methyl sites for hydroxylation is 1. The summed E-state index contributed by atoms with van der Waals surface area (Å²) in [4.78, 5) is 0. The summed E-state index contributed by atoms with van der Waals surface area (Å²) in [6.07, 6.45) is 1.07. The molecule has 0 atom stereocenters. The number of rotatable bonds is 3. The van der Waals surface area contributed by atoms with E-state index in [9.17, 15) is 4.39 Å². The van der Waals surface area contributed by atoms with Crippen LogP contribution in [0.15, 0.2) is 43.0 Å². The Bertz CT molecular complexity index is 669. The number of likely N-dealkylation sites (N-methyl/N-ethyl adjacent to an activating group) is 1. The largest absolute Gasteiger partial charge is 2.00 e. The summed E-state index contributed by atoms with van der Waals surface area (Å²) in [5.74, 6) is -0.403. The van der Waals surface area contributed by atoms with Crippen LogP contribution in [0, 0.1) is 43.9 Å². The summed E-state index contributed by atoms with van der Waals surface area (Å²) in [5, 5.41) is 8.00. The number of hydrogen-bond donors (Lipinski definition) is 1. The molecule has 3 nitrogen and oxygen atoms in total. The van der Waals surface area contributed by atoms with Crippen molar-refractivity contribution >= 4 is 17.1 Å². The predicted molar refractivity (Wildman–Crippen MR) is 91.9 cm³/mol. The smallest absolute Gasteiger partial charge is 0.665 e. The van der Waals surface area contributed by atoms with Gasteiger partial charge in [0, 0.05) is 0 Å². The van der Waals surface area contributed by atoms with E-state index in [-0.39, 0.29) is 36.8 Å². The van der Waals surface area contributed by atoms with Crippen molar-refractivity contribution < 1.29 is 35.5 Å². The van der Waals surface area contributed by atoms with E-state index in [0.29, 0.717) is 5.70 Å². The van der Waals surface area contributed by atoms with E-state index in [2.05, 4.69) is 48.4 Å². The summed E-state index contributed by atoms with van der Waals surface area (Å²) in [6.45, 7) is 6.64. The Labute approximate surface area is 160 Å². The quantitative estimate of drug-likeness (QED) is 0.557. The van der Waals surface area contributed by atoms with Crippen LogP contribution in [0.5, 0.6) is 0 Å². The molecule has 0 saturated carbocycles. The van der Waals surface area contributed by atoms with Gasteiger partial charge in [0.15, 0.2) is 0 Å². The molecule has 0 saturated heterocycles. The van der Waals surface area contributed by atoms with Crippen LogP contribution in [0.2, 0.25) is 0 Å². The average molecular weight is 535 g/mol. The number of benzene rings is 2. The maximum absolute atomic E-state index is 12.8. The van der Waals surface area contributed by atoms with Gasteiger partial charge in [-0.3, -0.25) is 0 Å². The molecule has 1 heterocycles. The van der Waals surface area contributed by atoms with E-state index in [1.54, 1.807) is 0 Å². The van der Waals surface area contributed by atoms with Gasteiger partial charge in [0.1, 0.15) is 5.82 Å². The van der Waals surface area contributed by atoms with Gasteiger partial charge < -0.3 is 16.4 Å². The molecule has 1 aliphatic heterocycles. The van der Waals surface area contributed by atoms with Gasteiger partial charge >= 0.3 is 31.1 Å². The molecular weight excluding hydrogens is 515 g/mol. The zero-order chi connectivity index (χ0) is 16.1. The molecule has 2 N–H and O–H groups in total. The van der Waals surface area contributed by atoms with Gasteiger partial charge in [-0.1, -0.05) is 41.5 Å². The first-order valence-electron chi connectivity index (χ1n) is 7.12. The molecule has 118 valence electrons. The van der Waals surface area contributed by atoms with E-state index in [0.717, 1.165) is 24.2 Å². The van der Waals surface area contributed by atoms with Crippen LogP contribution in [0.4, 0.5) is 15.8 Å². The molecule has 1 aliphatic rings. The van der Waals surface area contributed by atoms with E-state index >= 15 is 0 Å². The Morgan fingerprint density at radius 3 is 2.43 bits per heavy atom. The second-order valence-corrected chi connectivity index (χ2v) is 5.22. The number of anilines is 1. The van der Waals surface area contributed by atoms with E-state index < -0.39 is 5.82 Å². The summed E-state index contributed by atoms with van der Waals surface area (Å²) in [6, 6.07) is 11.5. The van der Waals surface area contributed by atoms with E-state index in [1.165, 1.54) is 23.3 Å². The third-order valence-electron chi connectivity index (χ3n) is 3.43. The van der Waals surface area contributed by atoms with Gasteiger partial charge in [-0.2, -0.15) is 7.05 Å². The number of fused-ring (bicyclic) bond motifs is 1. The maximum atomic E-state index is 12.8. The average Bonchev–Trinajstić information content (AvgIpc) is 2.51. The topological polar surface area (TPSA) is 54.2 Å². The number of hydrogen-bond acceptors (Lipinski definition) is 1.